The van der Waals surface area contributed by atoms with Gasteiger partial charge in [0, 0.05) is 12.2 Å². The van der Waals surface area contributed by atoms with E-state index >= 15 is 0 Å². The Hall–Kier alpha value is -1.42. The predicted octanol–water partition coefficient (Wildman–Crippen LogP) is 3.57. The first kappa shape index (κ1) is 14.0. The van der Waals surface area contributed by atoms with Crippen LogP contribution in [-0.2, 0) is 4.74 Å². The number of halogens is 2. The summed E-state index contributed by atoms with van der Waals surface area (Å²) in [7, 11) is 0. The molecule has 1 aliphatic heterocycles. The second-order valence-electron chi connectivity index (χ2n) is 4.87. The zero-order valence-electron chi connectivity index (χ0n) is 11.4. The lowest BCUT2D eigenvalue weighted by atomic mass is 9.99. The molecule has 0 bridgehead atoms. The van der Waals surface area contributed by atoms with Crippen molar-refractivity contribution in [2.45, 2.75) is 26.3 Å². The predicted molar refractivity (Wildman–Crippen MR) is 70.8 cm³/mol. The number of hydrogen-bond acceptors (Lipinski definition) is 2. The van der Waals surface area contributed by atoms with Crippen LogP contribution in [-0.4, -0.2) is 24.7 Å². The fourth-order valence-corrected chi connectivity index (χ4v) is 2.55. The van der Waals surface area contributed by atoms with E-state index in [0.29, 0.717) is 18.8 Å². The van der Waals surface area contributed by atoms with Crippen LogP contribution in [0, 0.1) is 18.6 Å². The topological polar surface area (TPSA) is 12.5 Å². The van der Waals surface area contributed by atoms with Gasteiger partial charge < -0.3 is 9.64 Å². The lowest BCUT2D eigenvalue weighted by Gasteiger charge is -2.38. The van der Waals surface area contributed by atoms with Gasteiger partial charge in [-0.1, -0.05) is 19.6 Å². The maximum absolute atomic E-state index is 13.6. The van der Waals surface area contributed by atoms with Crippen molar-refractivity contribution in [3.05, 3.63) is 47.2 Å². The first-order valence-corrected chi connectivity index (χ1v) is 6.52. The fourth-order valence-electron chi connectivity index (χ4n) is 2.55. The number of benzene rings is 1. The Morgan fingerprint density at radius 2 is 2.16 bits per heavy atom. The quantitative estimate of drug-likeness (QED) is 0.830. The Morgan fingerprint density at radius 3 is 2.74 bits per heavy atom. The van der Waals surface area contributed by atoms with Gasteiger partial charge in [0.1, 0.15) is 0 Å². The van der Waals surface area contributed by atoms with Gasteiger partial charge in [-0.2, -0.15) is 0 Å². The molecular weight excluding hydrogens is 248 g/mol. The van der Waals surface area contributed by atoms with Gasteiger partial charge in [0.05, 0.1) is 19.3 Å². The number of aryl methyl sites for hydroxylation is 1. The molecule has 0 radical (unpaired) electrons. The van der Waals surface area contributed by atoms with Crippen molar-refractivity contribution in [1.29, 1.82) is 0 Å². The largest absolute Gasteiger partial charge is 0.373 e. The van der Waals surface area contributed by atoms with Crippen LogP contribution in [0.4, 0.5) is 8.78 Å². The summed E-state index contributed by atoms with van der Waals surface area (Å²) in [6, 6.07) is 3.03. The second-order valence-corrected chi connectivity index (χ2v) is 4.87. The second kappa shape index (κ2) is 5.70. The van der Waals surface area contributed by atoms with E-state index in [1.54, 1.807) is 13.0 Å². The molecule has 1 aliphatic rings. The number of rotatable bonds is 3. The summed E-state index contributed by atoms with van der Waals surface area (Å²) in [4.78, 5) is 2.12. The summed E-state index contributed by atoms with van der Waals surface area (Å²) in [5.74, 6) is -1.55. The lowest BCUT2D eigenvalue weighted by molar-refractivity contribution is 0.0530. The summed E-state index contributed by atoms with van der Waals surface area (Å²) in [6.45, 7) is 9.47. The molecule has 104 valence electrons. The molecule has 1 aromatic carbocycles. The Labute approximate surface area is 112 Å². The first-order valence-electron chi connectivity index (χ1n) is 6.52. The number of ether oxygens (including phenoxy) is 1. The van der Waals surface area contributed by atoms with E-state index in [2.05, 4.69) is 11.5 Å². The third kappa shape index (κ3) is 2.78. The SMILES string of the molecule is C=C1COCCN1C(CC)c1cc(C)c(F)c(F)c1. The van der Waals surface area contributed by atoms with Crippen LogP contribution in [0.2, 0.25) is 0 Å². The van der Waals surface area contributed by atoms with E-state index in [9.17, 15) is 8.78 Å². The van der Waals surface area contributed by atoms with Gasteiger partial charge in [-0.3, -0.25) is 0 Å². The van der Waals surface area contributed by atoms with Crippen molar-refractivity contribution in [3.8, 4) is 0 Å². The van der Waals surface area contributed by atoms with Crippen LogP contribution < -0.4 is 0 Å². The Morgan fingerprint density at radius 1 is 1.42 bits per heavy atom. The van der Waals surface area contributed by atoms with Crippen LogP contribution in [0.15, 0.2) is 24.4 Å². The van der Waals surface area contributed by atoms with Gasteiger partial charge in [-0.05, 0) is 30.5 Å². The van der Waals surface area contributed by atoms with Crippen LogP contribution in [0.5, 0.6) is 0 Å². The monoisotopic (exact) mass is 267 g/mol. The average Bonchev–Trinajstić information content (AvgIpc) is 2.39. The van der Waals surface area contributed by atoms with Crippen LogP contribution in [0.3, 0.4) is 0 Å². The van der Waals surface area contributed by atoms with Gasteiger partial charge in [0.15, 0.2) is 11.6 Å². The molecular formula is C15H19F2NO. The third-order valence-electron chi connectivity index (χ3n) is 3.53. The zero-order valence-corrected chi connectivity index (χ0v) is 11.4. The van der Waals surface area contributed by atoms with Crippen LogP contribution in [0.25, 0.3) is 0 Å². The van der Waals surface area contributed by atoms with Crippen molar-refractivity contribution in [3.63, 3.8) is 0 Å². The first-order chi connectivity index (χ1) is 9.04. The van der Waals surface area contributed by atoms with Gasteiger partial charge in [-0.25, -0.2) is 8.78 Å². The summed E-state index contributed by atoms with van der Waals surface area (Å²) in [6.07, 6.45) is 0.809. The lowest BCUT2D eigenvalue weighted by Crippen LogP contribution is -2.36. The molecule has 0 N–H and O–H groups in total. The van der Waals surface area contributed by atoms with Gasteiger partial charge in [0.25, 0.3) is 0 Å². The van der Waals surface area contributed by atoms with E-state index in [1.165, 1.54) is 6.07 Å². The molecule has 1 saturated heterocycles. The van der Waals surface area contributed by atoms with E-state index in [0.717, 1.165) is 24.2 Å². The molecule has 1 fully saturated rings. The molecule has 1 unspecified atom stereocenters. The highest BCUT2D eigenvalue weighted by atomic mass is 19.2. The standard InChI is InChI=1S/C15H19F2NO/c1-4-14(18-5-6-19-9-11(18)3)12-7-10(2)15(17)13(16)8-12/h7-8,14H,3-6,9H2,1-2H3. The fraction of sp³-hybridized carbons (Fsp3) is 0.467. The highest BCUT2D eigenvalue weighted by molar-refractivity contribution is 5.28. The minimum Gasteiger partial charge on any atom is -0.373 e. The van der Waals surface area contributed by atoms with E-state index in [-0.39, 0.29) is 6.04 Å². The third-order valence-corrected chi connectivity index (χ3v) is 3.53. The highest BCUT2D eigenvalue weighted by Gasteiger charge is 2.24. The van der Waals surface area contributed by atoms with Crippen molar-refractivity contribution >= 4 is 0 Å². The maximum atomic E-state index is 13.6. The van der Waals surface area contributed by atoms with Crippen LogP contribution in [0.1, 0.15) is 30.5 Å². The van der Waals surface area contributed by atoms with Crippen molar-refractivity contribution < 1.29 is 13.5 Å². The summed E-state index contributed by atoms with van der Waals surface area (Å²) >= 11 is 0. The van der Waals surface area contributed by atoms with E-state index < -0.39 is 11.6 Å². The summed E-state index contributed by atoms with van der Waals surface area (Å²) < 4.78 is 32.3. The minimum absolute atomic E-state index is 0.0187. The normalized spacial score (nSPS) is 17.7. The van der Waals surface area contributed by atoms with Gasteiger partial charge >= 0.3 is 0 Å². The van der Waals surface area contributed by atoms with Gasteiger partial charge in [0.2, 0.25) is 0 Å². The molecule has 0 aromatic heterocycles. The number of hydrogen-bond donors (Lipinski definition) is 0. The van der Waals surface area contributed by atoms with Gasteiger partial charge in [-0.15, -0.1) is 0 Å². The molecule has 2 rings (SSSR count). The molecule has 1 aromatic rings. The summed E-state index contributed by atoms with van der Waals surface area (Å²) in [5.41, 5.74) is 2.02. The molecule has 0 amide bonds. The number of morpholine rings is 1. The Bertz CT molecular complexity index is 464. The number of nitrogens with zero attached hydrogens (tertiary/aromatic N) is 1. The summed E-state index contributed by atoms with van der Waals surface area (Å²) in [5, 5.41) is 0. The zero-order chi connectivity index (χ0) is 14.0. The molecule has 0 spiro atoms. The maximum Gasteiger partial charge on any atom is 0.161 e. The highest BCUT2D eigenvalue weighted by Crippen LogP contribution is 2.30. The molecule has 1 heterocycles. The van der Waals surface area contributed by atoms with Crippen molar-refractivity contribution in [1.82, 2.24) is 4.90 Å². The molecule has 0 aliphatic carbocycles. The Kier molecular flexibility index (Phi) is 4.20. The Balaban J connectivity index is 2.33. The molecule has 1 atom stereocenters. The van der Waals surface area contributed by atoms with Crippen molar-refractivity contribution in [2.24, 2.45) is 0 Å². The van der Waals surface area contributed by atoms with E-state index in [1.807, 2.05) is 6.92 Å². The minimum atomic E-state index is -0.785. The molecule has 19 heavy (non-hydrogen) atoms. The van der Waals surface area contributed by atoms with Crippen molar-refractivity contribution in [2.75, 3.05) is 19.8 Å². The molecule has 0 saturated carbocycles. The van der Waals surface area contributed by atoms with Crippen LogP contribution >= 0.6 is 0 Å². The van der Waals surface area contributed by atoms with E-state index in [4.69, 9.17) is 4.74 Å². The molecule has 4 heteroatoms. The average molecular weight is 267 g/mol. The smallest absolute Gasteiger partial charge is 0.161 e. The molecule has 2 nitrogen and oxygen atoms in total.